The Hall–Kier alpha value is -2.75. The largest absolute Gasteiger partial charge is 0.354 e. The van der Waals surface area contributed by atoms with Gasteiger partial charge >= 0.3 is 0 Å². The summed E-state index contributed by atoms with van der Waals surface area (Å²) in [6, 6.07) is 5.54. The SMILES string of the molecule is CCCNc1ncc(F)c(Nc2ccc(F)c(C#N)c2)n1. The number of benzene rings is 1. The van der Waals surface area contributed by atoms with Gasteiger partial charge in [0, 0.05) is 12.2 Å². The van der Waals surface area contributed by atoms with Gasteiger partial charge in [-0.15, -0.1) is 0 Å². The van der Waals surface area contributed by atoms with Crippen LogP contribution in [0.3, 0.4) is 0 Å². The van der Waals surface area contributed by atoms with E-state index in [2.05, 4.69) is 20.6 Å². The third kappa shape index (κ3) is 3.63. The van der Waals surface area contributed by atoms with Gasteiger partial charge in [-0.3, -0.25) is 0 Å². The second-order valence-corrected chi connectivity index (χ2v) is 4.25. The van der Waals surface area contributed by atoms with Crippen molar-refractivity contribution >= 4 is 17.5 Å². The molecule has 0 saturated carbocycles. The van der Waals surface area contributed by atoms with Crippen LogP contribution in [0.25, 0.3) is 0 Å². The van der Waals surface area contributed by atoms with Crippen molar-refractivity contribution in [3.63, 3.8) is 0 Å². The summed E-state index contributed by atoms with van der Waals surface area (Å²) in [7, 11) is 0. The molecule has 1 aromatic heterocycles. The maximum atomic E-state index is 13.7. The van der Waals surface area contributed by atoms with E-state index in [-0.39, 0.29) is 11.4 Å². The quantitative estimate of drug-likeness (QED) is 0.884. The van der Waals surface area contributed by atoms with Crippen molar-refractivity contribution in [1.29, 1.82) is 5.26 Å². The zero-order valence-electron chi connectivity index (χ0n) is 11.3. The minimum absolute atomic E-state index is 0.0425. The molecular weight excluding hydrogens is 276 g/mol. The van der Waals surface area contributed by atoms with E-state index in [0.717, 1.165) is 18.7 Å². The summed E-state index contributed by atoms with van der Waals surface area (Å²) in [5.74, 6) is -1.01. The molecule has 2 aromatic rings. The van der Waals surface area contributed by atoms with Crippen LogP contribution in [0.1, 0.15) is 18.9 Å². The Morgan fingerprint density at radius 3 is 2.81 bits per heavy atom. The molecule has 2 N–H and O–H groups in total. The Morgan fingerprint density at radius 1 is 1.29 bits per heavy atom. The number of nitrogens with zero attached hydrogens (tertiary/aromatic N) is 3. The van der Waals surface area contributed by atoms with Gasteiger partial charge in [0.15, 0.2) is 11.6 Å². The summed E-state index contributed by atoms with van der Waals surface area (Å²) in [5.41, 5.74) is 0.241. The van der Waals surface area contributed by atoms with Gasteiger partial charge in [0.1, 0.15) is 11.9 Å². The first-order valence-corrected chi connectivity index (χ1v) is 6.37. The van der Waals surface area contributed by atoms with Crippen LogP contribution in [0.2, 0.25) is 0 Å². The second-order valence-electron chi connectivity index (χ2n) is 4.25. The molecule has 108 valence electrons. The zero-order valence-corrected chi connectivity index (χ0v) is 11.3. The lowest BCUT2D eigenvalue weighted by Crippen LogP contribution is -2.07. The Bertz CT molecular complexity index is 682. The van der Waals surface area contributed by atoms with Crippen LogP contribution in [-0.2, 0) is 0 Å². The molecule has 0 aliphatic heterocycles. The molecule has 0 atom stereocenters. The highest BCUT2D eigenvalue weighted by Crippen LogP contribution is 2.20. The molecule has 1 heterocycles. The molecule has 0 amide bonds. The van der Waals surface area contributed by atoms with Gasteiger partial charge in [-0.2, -0.15) is 10.2 Å². The van der Waals surface area contributed by atoms with Gasteiger partial charge in [-0.25, -0.2) is 13.8 Å². The van der Waals surface area contributed by atoms with Crippen LogP contribution >= 0.6 is 0 Å². The minimum Gasteiger partial charge on any atom is -0.354 e. The van der Waals surface area contributed by atoms with Crippen LogP contribution < -0.4 is 10.6 Å². The highest BCUT2D eigenvalue weighted by Gasteiger charge is 2.09. The molecule has 0 bridgehead atoms. The summed E-state index contributed by atoms with van der Waals surface area (Å²) in [6.45, 7) is 2.65. The number of hydrogen-bond donors (Lipinski definition) is 2. The van der Waals surface area contributed by atoms with Gasteiger partial charge < -0.3 is 10.6 Å². The molecular formula is C14H13F2N5. The topological polar surface area (TPSA) is 73.6 Å². The van der Waals surface area contributed by atoms with E-state index in [0.29, 0.717) is 18.2 Å². The number of aromatic nitrogens is 2. The van der Waals surface area contributed by atoms with Crippen LogP contribution in [-0.4, -0.2) is 16.5 Å². The Balaban J connectivity index is 2.24. The Labute approximate surface area is 120 Å². The number of hydrogen-bond acceptors (Lipinski definition) is 5. The number of anilines is 3. The van der Waals surface area contributed by atoms with Gasteiger partial charge in [-0.05, 0) is 24.6 Å². The molecule has 0 spiro atoms. The maximum Gasteiger partial charge on any atom is 0.224 e. The molecule has 0 saturated heterocycles. The molecule has 0 unspecified atom stereocenters. The van der Waals surface area contributed by atoms with Crippen molar-refractivity contribution in [2.24, 2.45) is 0 Å². The average molecular weight is 289 g/mol. The molecule has 0 aliphatic carbocycles. The monoisotopic (exact) mass is 289 g/mol. The fraction of sp³-hybridized carbons (Fsp3) is 0.214. The predicted molar refractivity (Wildman–Crippen MR) is 75.2 cm³/mol. The Kier molecular flexibility index (Phi) is 4.61. The molecule has 1 aromatic carbocycles. The van der Waals surface area contributed by atoms with E-state index < -0.39 is 11.6 Å². The molecule has 21 heavy (non-hydrogen) atoms. The number of nitriles is 1. The van der Waals surface area contributed by atoms with Crippen molar-refractivity contribution < 1.29 is 8.78 Å². The van der Waals surface area contributed by atoms with Crippen molar-refractivity contribution in [3.8, 4) is 6.07 Å². The minimum atomic E-state index is -0.639. The van der Waals surface area contributed by atoms with Crippen molar-refractivity contribution in [2.45, 2.75) is 13.3 Å². The summed E-state index contributed by atoms with van der Waals surface area (Å²) in [5, 5.41) is 14.4. The van der Waals surface area contributed by atoms with Crippen LogP contribution in [0, 0.1) is 23.0 Å². The van der Waals surface area contributed by atoms with Crippen LogP contribution in [0.15, 0.2) is 24.4 Å². The van der Waals surface area contributed by atoms with E-state index in [9.17, 15) is 8.78 Å². The van der Waals surface area contributed by atoms with Gasteiger partial charge in [-0.1, -0.05) is 6.92 Å². The highest BCUT2D eigenvalue weighted by molar-refractivity contribution is 5.59. The van der Waals surface area contributed by atoms with Gasteiger partial charge in [0.25, 0.3) is 0 Å². The zero-order chi connectivity index (χ0) is 15.2. The smallest absolute Gasteiger partial charge is 0.224 e. The second kappa shape index (κ2) is 6.61. The number of nitrogens with one attached hydrogen (secondary N) is 2. The van der Waals surface area contributed by atoms with Crippen molar-refractivity contribution in [2.75, 3.05) is 17.2 Å². The van der Waals surface area contributed by atoms with Gasteiger partial charge in [0.05, 0.1) is 11.8 Å². The summed E-state index contributed by atoms with van der Waals surface area (Å²) >= 11 is 0. The third-order valence-corrected chi connectivity index (χ3v) is 2.63. The lowest BCUT2D eigenvalue weighted by atomic mass is 10.2. The van der Waals surface area contributed by atoms with Crippen molar-refractivity contribution in [3.05, 3.63) is 41.6 Å². The van der Waals surface area contributed by atoms with E-state index >= 15 is 0 Å². The standard InChI is InChI=1S/C14H13F2N5/c1-2-5-18-14-19-8-12(16)13(21-14)20-10-3-4-11(15)9(6-10)7-17/h3-4,6,8H,2,5H2,1H3,(H2,18,19,20,21). The molecule has 2 rings (SSSR count). The van der Waals surface area contributed by atoms with Crippen LogP contribution in [0.5, 0.6) is 0 Å². The van der Waals surface area contributed by atoms with Crippen LogP contribution in [0.4, 0.5) is 26.2 Å². The summed E-state index contributed by atoms with van der Waals surface area (Å²) < 4.78 is 26.9. The lowest BCUT2D eigenvalue weighted by Gasteiger charge is -2.09. The number of halogens is 2. The fourth-order valence-electron chi connectivity index (χ4n) is 1.60. The summed E-state index contributed by atoms with van der Waals surface area (Å²) in [6.07, 6.45) is 1.93. The maximum absolute atomic E-state index is 13.7. The molecule has 0 aliphatic rings. The molecule has 0 fully saturated rings. The predicted octanol–water partition coefficient (Wildman–Crippen LogP) is 3.19. The summed E-state index contributed by atoms with van der Waals surface area (Å²) in [4.78, 5) is 7.81. The van der Waals surface area contributed by atoms with Gasteiger partial charge in [0.2, 0.25) is 5.95 Å². The molecule has 5 nitrogen and oxygen atoms in total. The first-order valence-electron chi connectivity index (χ1n) is 6.37. The fourth-order valence-corrected chi connectivity index (χ4v) is 1.60. The van der Waals surface area contributed by atoms with Crippen molar-refractivity contribution in [1.82, 2.24) is 9.97 Å². The highest BCUT2D eigenvalue weighted by atomic mass is 19.1. The normalized spacial score (nSPS) is 10.0. The van der Waals surface area contributed by atoms with E-state index in [1.165, 1.54) is 12.1 Å². The van der Waals surface area contributed by atoms with E-state index in [1.54, 1.807) is 6.07 Å². The molecule has 0 radical (unpaired) electrons. The first-order chi connectivity index (χ1) is 10.1. The molecule has 7 heteroatoms. The first kappa shape index (κ1) is 14.7. The van der Waals surface area contributed by atoms with E-state index in [4.69, 9.17) is 5.26 Å². The lowest BCUT2D eigenvalue weighted by molar-refractivity contribution is 0.619. The average Bonchev–Trinajstić information content (AvgIpc) is 2.50. The number of rotatable bonds is 5. The third-order valence-electron chi connectivity index (χ3n) is 2.63. The Morgan fingerprint density at radius 2 is 2.10 bits per heavy atom. The van der Waals surface area contributed by atoms with E-state index in [1.807, 2.05) is 6.92 Å².